The largest absolute Gasteiger partial charge is 0.495 e. The Hall–Kier alpha value is -2.58. The number of carbonyl (C=O) groups is 1. The van der Waals surface area contributed by atoms with Crippen molar-refractivity contribution in [3.8, 4) is 11.5 Å². The smallest absolute Gasteiger partial charge is 0.271 e. The molecule has 0 unspecified atom stereocenters. The summed E-state index contributed by atoms with van der Waals surface area (Å²) in [5.74, 6) is 0.489. The molecule has 164 valence electrons. The molecule has 0 saturated heterocycles. The van der Waals surface area contributed by atoms with Gasteiger partial charge >= 0.3 is 0 Å². The average molecular weight is 462 g/mol. The van der Waals surface area contributed by atoms with E-state index >= 15 is 0 Å². The molecule has 7 nitrogen and oxygen atoms in total. The third kappa shape index (κ3) is 4.02. The quantitative estimate of drug-likeness (QED) is 0.565. The van der Waals surface area contributed by atoms with E-state index in [1.54, 1.807) is 23.0 Å². The van der Waals surface area contributed by atoms with E-state index in [0.717, 1.165) is 30.6 Å². The normalized spacial score (nSPS) is 14.6. The molecule has 4 rings (SSSR count). The third-order valence-electron chi connectivity index (χ3n) is 5.72. The molecule has 31 heavy (non-hydrogen) atoms. The van der Waals surface area contributed by atoms with Gasteiger partial charge in [0.1, 0.15) is 21.7 Å². The summed E-state index contributed by atoms with van der Waals surface area (Å²) < 4.78 is 12.8. The van der Waals surface area contributed by atoms with E-state index in [9.17, 15) is 9.59 Å². The number of fused-ring (bicyclic) bond motifs is 1. The fraction of sp³-hybridized carbons (Fsp3) is 0.409. The first-order valence-corrected chi connectivity index (χ1v) is 11.4. The first-order chi connectivity index (χ1) is 14.9. The molecule has 0 aliphatic heterocycles. The van der Waals surface area contributed by atoms with E-state index in [4.69, 9.17) is 21.1 Å². The lowest BCUT2D eigenvalue weighted by atomic mass is 9.95. The summed E-state index contributed by atoms with van der Waals surface area (Å²) in [4.78, 5) is 31.6. The van der Waals surface area contributed by atoms with E-state index in [1.807, 2.05) is 6.92 Å². The molecule has 1 saturated carbocycles. The van der Waals surface area contributed by atoms with Gasteiger partial charge in [-0.25, -0.2) is 4.98 Å². The number of thiophene rings is 1. The lowest BCUT2D eigenvalue weighted by molar-refractivity contribution is 0.102. The van der Waals surface area contributed by atoms with Crippen molar-refractivity contribution in [2.45, 2.75) is 45.1 Å². The number of nitrogens with zero attached hydrogens (tertiary/aromatic N) is 2. The van der Waals surface area contributed by atoms with Gasteiger partial charge in [-0.2, -0.15) is 0 Å². The second-order valence-corrected chi connectivity index (χ2v) is 9.23. The van der Waals surface area contributed by atoms with E-state index < -0.39 is 0 Å². The van der Waals surface area contributed by atoms with Gasteiger partial charge in [-0.05, 0) is 25.8 Å². The highest BCUT2D eigenvalue weighted by atomic mass is 35.5. The zero-order valence-corrected chi connectivity index (χ0v) is 19.2. The molecule has 0 radical (unpaired) electrons. The van der Waals surface area contributed by atoms with E-state index in [2.05, 4.69) is 10.3 Å². The molecule has 0 bridgehead atoms. The molecule has 1 aliphatic carbocycles. The number of aryl methyl sites for hydroxylation is 1. The van der Waals surface area contributed by atoms with Crippen molar-refractivity contribution in [2.75, 3.05) is 19.5 Å². The Kier molecular flexibility index (Phi) is 6.20. The molecule has 0 spiro atoms. The van der Waals surface area contributed by atoms with Crippen molar-refractivity contribution in [1.82, 2.24) is 9.55 Å². The van der Waals surface area contributed by atoms with Gasteiger partial charge in [0.25, 0.3) is 11.5 Å². The van der Waals surface area contributed by atoms with E-state index in [0.29, 0.717) is 38.0 Å². The van der Waals surface area contributed by atoms with Gasteiger partial charge in [-0.3, -0.25) is 14.2 Å². The molecule has 9 heteroatoms. The number of carbonyl (C=O) groups excluding carboxylic acids is 1. The molecular formula is C22H24ClN3O4S. The summed E-state index contributed by atoms with van der Waals surface area (Å²) in [5, 5.41) is 3.19. The number of anilines is 1. The topological polar surface area (TPSA) is 82.5 Å². The number of halogens is 1. The van der Waals surface area contributed by atoms with Crippen LogP contribution in [0.3, 0.4) is 0 Å². The predicted molar refractivity (Wildman–Crippen MR) is 123 cm³/mol. The summed E-state index contributed by atoms with van der Waals surface area (Å²) >= 11 is 7.53. The van der Waals surface area contributed by atoms with E-state index in [-0.39, 0.29) is 17.5 Å². The summed E-state index contributed by atoms with van der Waals surface area (Å²) in [6.45, 7) is 1.82. The number of amides is 1. The molecule has 1 N–H and O–H groups in total. The number of rotatable bonds is 5. The SMILES string of the molecule is COc1cc(OC)c(NC(=O)c2c(C)sc3c(=O)n(C4CCCCC4)cnc23)cc1Cl. The number of benzene rings is 1. The predicted octanol–water partition coefficient (Wildman–Crippen LogP) is 5.19. The zero-order valence-electron chi connectivity index (χ0n) is 17.7. The van der Waals surface area contributed by atoms with Crippen LogP contribution in [0, 0.1) is 6.92 Å². The molecule has 1 amide bonds. The number of nitrogens with one attached hydrogen (secondary N) is 1. The molecular weight excluding hydrogens is 438 g/mol. The second-order valence-electron chi connectivity index (χ2n) is 7.60. The average Bonchev–Trinajstić information content (AvgIpc) is 3.11. The fourth-order valence-corrected chi connectivity index (χ4v) is 5.40. The van der Waals surface area contributed by atoms with Crippen molar-refractivity contribution in [2.24, 2.45) is 0 Å². The van der Waals surface area contributed by atoms with Crippen LogP contribution in [0.5, 0.6) is 11.5 Å². The lowest BCUT2D eigenvalue weighted by Crippen LogP contribution is -2.26. The van der Waals surface area contributed by atoms with Crippen LogP contribution in [0.4, 0.5) is 5.69 Å². The zero-order chi connectivity index (χ0) is 22.1. The number of hydrogen-bond acceptors (Lipinski definition) is 6. The Labute approximate surface area is 189 Å². The van der Waals surface area contributed by atoms with Gasteiger partial charge in [0.2, 0.25) is 0 Å². The highest BCUT2D eigenvalue weighted by molar-refractivity contribution is 7.19. The summed E-state index contributed by atoms with van der Waals surface area (Å²) in [6, 6.07) is 3.37. The van der Waals surface area contributed by atoms with Gasteiger partial charge in [-0.1, -0.05) is 30.9 Å². The minimum atomic E-state index is -0.370. The Morgan fingerprint density at radius 2 is 1.90 bits per heavy atom. The van der Waals surface area contributed by atoms with Crippen molar-refractivity contribution in [3.63, 3.8) is 0 Å². The fourth-order valence-electron chi connectivity index (χ4n) is 4.12. The van der Waals surface area contributed by atoms with Gasteiger partial charge < -0.3 is 14.8 Å². The minimum absolute atomic E-state index is 0.0749. The summed E-state index contributed by atoms with van der Waals surface area (Å²) in [7, 11) is 3.00. The van der Waals surface area contributed by atoms with Crippen LogP contribution in [0.15, 0.2) is 23.3 Å². The Morgan fingerprint density at radius 1 is 1.19 bits per heavy atom. The van der Waals surface area contributed by atoms with Crippen LogP contribution in [-0.4, -0.2) is 29.7 Å². The molecule has 1 aliphatic rings. The molecule has 0 atom stereocenters. The van der Waals surface area contributed by atoms with Crippen LogP contribution < -0.4 is 20.3 Å². The number of methoxy groups -OCH3 is 2. The third-order valence-corrected chi connectivity index (χ3v) is 7.09. The molecule has 1 aromatic carbocycles. The monoisotopic (exact) mass is 461 g/mol. The van der Waals surface area contributed by atoms with Crippen LogP contribution in [0.1, 0.15) is 53.4 Å². The molecule has 2 aromatic heterocycles. The van der Waals surface area contributed by atoms with Gasteiger partial charge in [0.05, 0.1) is 36.8 Å². The second kappa shape index (κ2) is 8.88. The van der Waals surface area contributed by atoms with Crippen LogP contribution in [-0.2, 0) is 0 Å². The van der Waals surface area contributed by atoms with Crippen LogP contribution >= 0.6 is 22.9 Å². The number of hydrogen-bond donors (Lipinski definition) is 1. The minimum Gasteiger partial charge on any atom is -0.495 e. The number of aromatic nitrogens is 2. The first-order valence-electron chi connectivity index (χ1n) is 10.2. The van der Waals surface area contributed by atoms with Gasteiger partial charge in [0, 0.05) is 17.0 Å². The van der Waals surface area contributed by atoms with Crippen LogP contribution in [0.25, 0.3) is 10.2 Å². The Balaban J connectivity index is 1.71. The maximum absolute atomic E-state index is 13.2. The highest BCUT2D eigenvalue weighted by Crippen LogP contribution is 2.37. The van der Waals surface area contributed by atoms with Crippen molar-refractivity contribution in [3.05, 3.63) is 44.3 Å². The lowest BCUT2D eigenvalue weighted by Gasteiger charge is -2.23. The molecule has 1 fully saturated rings. The van der Waals surface area contributed by atoms with Crippen LogP contribution in [0.2, 0.25) is 5.02 Å². The van der Waals surface area contributed by atoms with Gasteiger partial charge in [0.15, 0.2) is 0 Å². The Morgan fingerprint density at radius 3 is 2.58 bits per heavy atom. The first kappa shape index (κ1) is 21.6. The van der Waals surface area contributed by atoms with E-state index in [1.165, 1.54) is 32.0 Å². The standard InChI is InChI=1S/C22H24ClN3O4S/c1-12-18(21(27)25-15-9-14(23)16(29-2)10-17(15)30-3)19-20(31-12)22(28)26(11-24-19)13-7-5-4-6-8-13/h9-11,13H,4-8H2,1-3H3,(H,25,27). The van der Waals surface area contributed by atoms with Crippen molar-refractivity contribution < 1.29 is 14.3 Å². The maximum Gasteiger partial charge on any atom is 0.271 e. The molecule has 2 heterocycles. The van der Waals surface area contributed by atoms with Gasteiger partial charge in [-0.15, -0.1) is 11.3 Å². The Bertz CT molecular complexity index is 1200. The summed E-state index contributed by atoms with van der Waals surface area (Å²) in [5.41, 5.74) is 1.15. The van der Waals surface area contributed by atoms with Crippen molar-refractivity contribution >= 4 is 44.7 Å². The molecule has 3 aromatic rings. The maximum atomic E-state index is 13.2. The highest BCUT2D eigenvalue weighted by Gasteiger charge is 2.24. The number of ether oxygens (including phenoxy) is 2. The summed E-state index contributed by atoms with van der Waals surface area (Å²) in [6.07, 6.45) is 7.03. The van der Waals surface area contributed by atoms with Crippen molar-refractivity contribution in [1.29, 1.82) is 0 Å².